The van der Waals surface area contributed by atoms with Gasteiger partial charge in [0.1, 0.15) is 11.5 Å². The van der Waals surface area contributed by atoms with Crippen molar-refractivity contribution in [3.8, 4) is 11.5 Å². The summed E-state index contributed by atoms with van der Waals surface area (Å²) in [6.07, 6.45) is 1.45. The van der Waals surface area contributed by atoms with Crippen LogP contribution in [0.2, 0.25) is 0 Å². The average Bonchev–Trinajstić information content (AvgIpc) is 2.93. The Morgan fingerprint density at radius 1 is 0.838 bits per heavy atom. The van der Waals surface area contributed by atoms with Gasteiger partial charge in [0, 0.05) is 5.56 Å². The minimum atomic E-state index is -0.476. The fourth-order valence-electron chi connectivity index (χ4n) is 3.54. The highest BCUT2D eigenvalue weighted by Gasteiger charge is 2.12. The molecule has 0 aromatic heterocycles. The number of benzene rings is 4. The molecule has 4 aromatic rings. The molecule has 0 aliphatic rings. The number of fused-ring (bicyclic) bond motifs is 1. The molecule has 2 N–H and O–H groups in total. The lowest BCUT2D eigenvalue weighted by molar-refractivity contribution is -0.120. The van der Waals surface area contributed by atoms with Gasteiger partial charge in [0.2, 0.25) is 0 Å². The number of rotatable bonds is 9. The van der Waals surface area contributed by atoms with E-state index in [2.05, 4.69) is 15.8 Å². The SMILES string of the molecule is CCOc1ccc(C(=O)NCC(=O)N/N=C/c2ccc(OC(=O)c3cccc4ccccc34)cc2)cc1. The summed E-state index contributed by atoms with van der Waals surface area (Å²) in [6.45, 7) is 2.18. The van der Waals surface area contributed by atoms with Crippen LogP contribution in [0, 0.1) is 0 Å². The molecule has 0 unspecified atom stereocenters. The molecule has 0 radical (unpaired) electrons. The maximum absolute atomic E-state index is 12.7. The van der Waals surface area contributed by atoms with Gasteiger partial charge in [0.05, 0.1) is 24.9 Å². The van der Waals surface area contributed by atoms with Gasteiger partial charge in [0.15, 0.2) is 0 Å². The smallest absolute Gasteiger partial charge is 0.344 e. The van der Waals surface area contributed by atoms with Crippen molar-refractivity contribution < 1.29 is 23.9 Å². The van der Waals surface area contributed by atoms with Crippen LogP contribution >= 0.6 is 0 Å². The van der Waals surface area contributed by atoms with Crippen LogP contribution in [0.5, 0.6) is 11.5 Å². The standard InChI is InChI=1S/C29H25N3O5/c1-2-36-23-16-12-22(13-17-23)28(34)30-19-27(33)32-31-18-20-10-14-24(15-11-20)37-29(35)26-9-5-7-21-6-3-4-8-25(21)26/h3-18H,2,19H2,1H3,(H,30,34)(H,32,33)/b31-18+. The van der Waals surface area contributed by atoms with Crippen LogP contribution in [-0.4, -0.2) is 37.1 Å². The van der Waals surface area contributed by atoms with Gasteiger partial charge in [-0.2, -0.15) is 5.10 Å². The minimum Gasteiger partial charge on any atom is -0.494 e. The number of nitrogens with one attached hydrogen (secondary N) is 2. The summed E-state index contributed by atoms with van der Waals surface area (Å²) in [4.78, 5) is 36.8. The molecule has 0 aliphatic heterocycles. The molecule has 4 rings (SSSR count). The van der Waals surface area contributed by atoms with Crippen LogP contribution in [0.1, 0.15) is 33.2 Å². The van der Waals surface area contributed by atoms with E-state index in [1.165, 1.54) is 6.21 Å². The summed E-state index contributed by atoms with van der Waals surface area (Å²) >= 11 is 0. The Labute approximate surface area is 213 Å². The Bertz CT molecular complexity index is 1430. The van der Waals surface area contributed by atoms with E-state index in [-0.39, 0.29) is 12.5 Å². The first-order chi connectivity index (χ1) is 18.0. The first kappa shape index (κ1) is 25.1. The zero-order chi connectivity index (χ0) is 26.0. The van der Waals surface area contributed by atoms with Crippen molar-refractivity contribution in [1.82, 2.24) is 10.7 Å². The van der Waals surface area contributed by atoms with Crippen molar-refractivity contribution in [3.05, 3.63) is 108 Å². The molecular weight excluding hydrogens is 470 g/mol. The summed E-state index contributed by atoms with van der Waals surface area (Å²) in [7, 11) is 0. The van der Waals surface area contributed by atoms with E-state index in [0.29, 0.717) is 34.8 Å². The molecule has 2 amide bonds. The van der Waals surface area contributed by atoms with Gasteiger partial charge in [-0.1, -0.05) is 36.4 Å². The summed E-state index contributed by atoms with van der Waals surface area (Å²) < 4.78 is 10.9. The second-order valence-corrected chi connectivity index (χ2v) is 7.92. The molecule has 0 spiro atoms. The van der Waals surface area contributed by atoms with Crippen LogP contribution in [0.3, 0.4) is 0 Å². The first-order valence-electron chi connectivity index (χ1n) is 11.7. The molecule has 4 aromatic carbocycles. The lowest BCUT2D eigenvalue weighted by atomic mass is 10.0. The number of carbonyl (C=O) groups excluding carboxylic acids is 3. The van der Waals surface area contributed by atoms with Gasteiger partial charge in [-0.05, 0) is 77.9 Å². The van der Waals surface area contributed by atoms with Crippen molar-refractivity contribution in [1.29, 1.82) is 0 Å². The average molecular weight is 496 g/mol. The molecule has 0 atom stereocenters. The zero-order valence-corrected chi connectivity index (χ0v) is 20.1. The number of hydrogen-bond acceptors (Lipinski definition) is 6. The molecule has 0 bridgehead atoms. The number of hydrazone groups is 1. The summed E-state index contributed by atoms with van der Waals surface area (Å²) in [5.41, 5.74) is 3.95. The van der Waals surface area contributed by atoms with E-state index in [9.17, 15) is 14.4 Å². The number of carbonyl (C=O) groups is 3. The van der Waals surface area contributed by atoms with Crippen molar-refractivity contribution in [2.75, 3.05) is 13.2 Å². The Kier molecular flexibility index (Phi) is 8.23. The van der Waals surface area contributed by atoms with Crippen LogP contribution in [0.4, 0.5) is 0 Å². The van der Waals surface area contributed by atoms with Gasteiger partial charge in [0.25, 0.3) is 11.8 Å². The number of nitrogens with zero attached hydrogens (tertiary/aromatic N) is 1. The van der Waals surface area contributed by atoms with Gasteiger partial charge in [-0.25, -0.2) is 10.2 Å². The number of amides is 2. The van der Waals surface area contributed by atoms with Crippen molar-refractivity contribution in [3.63, 3.8) is 0 Å². The fourth-order valence-corrected chi connectivity index (χ4v) is 3.54. The number of ether oxygens (including phenoxy) is 2. The van der Waals surface area contributed by atoms with Gasteiger partial charge in [-0.3, -0.25) is 9.59 Å². The monoisotopic (exact) mass is 495 g/mol. The predicted octanol–water partition coefficient (Wildman–Crippen LogP) is 4.34. The highest BCUT2D eigenvalue weighted by Crippen LogP contribution is 2.21. The van der Waals surface area contributed by atoms with E-state index in [0.717, 1.165) is 10.8 Å². The minimum absolute atomic E-state index is 0.230. The van der Waals surface area contributed by atoms with E-state index < -0.39 is 11.9 Å². The van der Waals surface area contributed by atoms with E-state index in [1.54, 1.807) is 54.6 Å². The Hall–Kier alpha value is -4.98. The highest BCUT2D eigenvalue weighted by molar-refractivity contribution is 6.05. The van der Waals surface area contributed by atoms with Crippen molar-refractivity contribution in [2.24, 2.45) is 5.10 Å². The lowest BCUT2D eigenvalue weighted by Gasteiger charge is -2.07. The third-order valence-corrected chi connectivity index (χ3v) is 5.34. The predicted molar refractivity (Wildman–Crippen MR) is 141 cm³/mol. The molecule has 0 fully saturated rings. The topological polar surface area (TPSA) is 106 Å². The molecular formula is C29H25N3O5. The second-order valence-electron chi connectivity index (χ2n) is 7.92. The summed E-state index contributed by atoms with van der Waals surface area (Å²) in [5.74, 6) is -0.247. The molecule has 0 heterocycles. The summed E-state index contributed by atoms with van der Waals surface area (Å²) in [6, 6.07) is 26.4. The first-order valence-corrected chi connectivity index (χ1v) is 11.7. The van der Waals surface area contributed by atoms with Crippen LogP contribution < -0.4 is 20.2 Å². The van der Waals surface area contributed by atoms with Gasteiger partial charge < -0.3 is 14.8 Å². The Balaban J connectivity index is 1.25. The quantitative estimate of drug-likeness (QED) is 0.156. The molecule has 0 aliphatic carbocycles. The van der Waals surface area contributed by atoms with E-state index in [4.69, 9.17) is 9.47 Å². The fraction of sp³-hybridized carbons (Fsp3) is 0.103. The molecule has 0 saturated heterocycles. The molecule has 8 nitrogen and oxygen atoms in total. The van der Waals surface area contributed by atoms with Crippen LogP contribution in [0.25, 0.3) is 10.8 Å². The van der Waals surface area contributed by atoms with Crippen molar-refractivity contribution >= 4 is 34.8 Å². The van der Waals surface area contributed by atoms with Gasteiger partial charge in [-0.15, -0.1) is 0 Å². The van der Waals surface area contributed by atoms with Crippen LogP contribution in [-0.2, 0) is 4.79 Å². The molecule has 186 valence electrons. The van der Waals surface area contributed by atoms with Crippen molar-refractivity contribution in [2.45, 2.75) is 6.92 Å². The molecule has 37 heavy (non-hydrogen) atoms. The lowest BCUT2D eigenvalue weighted by Crippen LogP contribution is -2.34. The third-order valence-electron chi connectivity index (χ3n) is 5.34. The third kappa shape index (κ3) is 6.79. The Morgan fingerprint density at radius 3 is 2.30 bits per heavy atom. The maximum atomic E-state index is 12.7. The largest absolute Gasteiger partial charge is 0.494 e. The van der Waals surface area contributed by atoms with Gasteiger partial charge >= 0.3 is 5.97 Å². The van der Waals surface area contributed by atoms with E-state index >= 15 is 0 Å². The van der Waals surface area contributed by atoms with Crippen LogP contribution in [0.15, 0.2) is 96.1 Å². The maximum Gasteiger partial charge on any atom is 0.344 e. The zero-order valence-electron chi connectivity index (χ0n) is 20.1. The number of hydrogen-bond donors (Lipinski definition) is 2. The molecule has 0 saturated carbocycles. The Morgan fingerprint density at radius 2 is 1.54 bits per heavy atom. The summed E-state index contributed by atoms with van der Waals surface area (Å²) in [5, 5.41) is 8.22. The van der Waals surface area contributed by atoms with E-state index in [1.807, 2.05) is 43.3 Å². The second kappa shape index (κ2) is 12.1. The number of esters is 1. The normalized spacial score (nSPS) is 10.7. The molecule has 8 heteroatoms. The highest BCUT2D eigenvalue weighted by atomic mass is 16.5.